The van der Waals surface area contributed by atoms with Crippen LogP contribution in [0.4, 0.5) is 5.69 Å². The summed E-state index contributed by atoms with van der Waals surface area (Å²) >= 11 is 0. The van der Waals surface area contributed by atoms with Gasteiger partial charge in [-0.05, 0) is 24.3 Å². The van der Waals surface area contributed by atoms with Crippen LogP contribution in [0.15, 0.2) is 24.3 Å². The number of nitrogens with one attached hydrogen (secondary N) is 1. The molecule has 0 fully saturated rings. The maximum Gasteiger partial charge on any atom is 0.192 e. The van der Waals surface area contributed by atoms with Crippen LogP contribution in [0.5, 0.6) is 5.75 Å². The molecule has 0 saturated heterocycles. The van der Waals surface area contributed by atoms with Gasteiger partial charge < -0.3 is 15.7 Å². The van der Waals surface area contributed by atoms with E-state index in [2.05, 4.69) is 0 Å². The Morgan fingerprint density at radius 1 is 1.42 bits per heavy atom. The van der Waals surface area contributed by atoms with Crippen LogP contribution in [0.25, 0.3) is 0 Å². The summed E-state index contributed by atoms with van der Waals surface area (Å²) in [5.74, 6) is 0.177. The molecule has 0 aliphatic rings. The van der Waals surface area contributed by atoms with Crippen LogP contribution < -0.4 is 10.6 Å². The van der Waals surface area contributed by atoms with E-state index in [-0.39, 0.29) is 11.7 Å². The number of aromatic hydroxyl groups is 1. The Bertz CT molecular complexity index is 281. The first-order valence-corrected chi connectivity index (χ1v) is 3.48. The highest BCUT2D eigenvalue weighted by Crippen LogP contribution is 2.16. The minimum Gasteiger partial charge on any atom is -0.508 e. The Hall–Kier alpha value is -1.71. The minimum atomic E-state index is -0.0271. The molecule has 0 heterocycles. The zero-order chi connectivity index (χ0) is 9.14. The predicted octanol–water partition coefficient (Wildman–Crippen LogP) is 0.722. The van der Waals surface area contributed by atoms with E-state index in [1.807, 2.05) is 0 Å². The summed E-state index contributed by atoms with van der Waals surface area (Å²) in [6.45, 7) is 0. The average molecular weight is 165 g/mol. The smallest absolute Gasteiger partial charge is 0.192 e. The average Bonchev–Trinajstić information content (AvgIpc) is 2.04. The van der Waals surface area contributed by atoms with Gasteiger partial charge in [-0.2, -0.15) is 0 Å². The second-order valence-electron chi connectivity index (χ2n) is 2.46. The van der Waals surface area contributed by atoms with Crippen molar-refractivity contribution in [1.29, 1.82) is 5.41 Å². The molecule has 12 heavy (non-hydrogen) atoms. The fourth-order valence-electron chi connectivity index (χ4n) is 0.815. The molecule has 0 bridgehead atoms. The van der Waals surface area contributed by atoms with Gasteiger partial charge in [0.1, 0.15) is 5.75 Å². The number of phenolic OH excluding ortho intramolecular Hbond substituents is 1. The van der Waals surface area contributed by atoms with Gasteiger partial charge in [-0.25, -0.2) is 0 Å². The van der Waals surface area contributed by atoms with Gasteiger partial charge in [0.25, 0.3) is 0 Å². The van der Waals surface area contributed by atoms with Gasteiger partial charge in [0.15, 0.2) is 5.96 Å². The highest BCUT2D eigenvalue weighted by Gasteiger charge is 2.01. The minimum absolute atomic E-state index is 0.0271. The van der Waals surface area contributed by atoms with Crippen molar-refractivity contribution in [2.75, 3.05) is 11.9 Å². The lowest BCUT2D eigenvalue weighted by Crippen LogP contribution is -2.32. The number of rotatable bonds is 1. The van der Waals surface area contributed by atoms with E-state index >= 15 is 0 Å². The predicted molar refractivity (Wildman–Crippen MR) is 48.4 cm³/mol. The molecular formula is C8H11N3O. The van der Waals surface area contributed by atoms with E-state index in [4.69, 9.17) is 16.2 Å². The lowest BCUT2D eigenvalue weighted by Gasteiger charge is -2.16. The first-order valence-electron chi connectivity index (χ1n) is 3.48. The zero-order valence-corrected chi connectivity index (χ0v) is 6.78. The van der Waals surface area contributed by atoms with Crippen LogP contribution in [0.2, 0.25) is 0 Å². The van der Waals surface area contributed by atoms with E-state index in [1.165, 1.54) is 4.90 Å². The lowest BCUT2D eigenvalue weighted by molar-refractivity contribution is 0.475. The van der Waals surface area contributed by atoms with E-state index in [0.29, 0.717) is 0 Å². The van der Waals surface area contributed by atoms with Crippen LogP contribution in [-0.4, -0.2) is 18.1 Å². The number of hydrogen-bond acceptors (Lipinski definition) is 2. The van der Waals surface area contributed by atoms with Gasteiger partial charge in [0.2, 0.25) is 0 Å². The van der Waals surface area contributed by atoms with Gasteiger partial charge >= 0.3 is 0 Å². The van der Waals surface area contributed by atoms with Crippen LogP contribution in [-0.2, 0) is 0 Å². The molecule has 1 aromatic rings. The summed E-state index contributed by atoms with van der Waals surface area (Å²) in [6, 6.07) is 6.48. The molecule has 4 N–H and O–H groups in total. The Kier molecular flexibility index (Phi) is 2.19. The third-order valence-electron chi connectivity index (χ3n) is 1.60. The standard InChI is InChI=1S/C8H11N3O/c1-11(8(9)10)6-2-4-7(12)5-3-6/h2-5,12H,1H3,(H3,9,10). The summed E-state index contributed by atoms with van der Waals surface area (Å²) in [6.07, 6.45) is 0. The zero-order valence-electron chi connectivity index (χ0n) is 6.78. The topological polar surface area (TPSA) is 73.3 Å². The monoisotopic (exact) mass is 165 g/mol. The summed E-state index contributed by atoms with van der Waals surface area (Å²) in [4.78, 5) is 1.51. The van der Waals surface area contributed by atoms with Gasteiger partial charge in [-0.3, -0.25) is 5.41 Å². The van der Waals surface area contributed by atoms with E-state index in [0.717, 1.165) is 5.69 Å². The molecule has 0 atom stereocenters. The lowest BCUT2D eigenvalue weighted by atomic mass is 10.3. The van der Waals surface area contributed by atoms with Crippen molar-refractivity contribution in [3.63, 3.8) is 0 Å². The maximum atomic E-state index is 8.97. The van der Waals surface area contributed by atoms with Crippen molar-refractivity contribution in [2.45, 2.75) is 0 Å². The number of anilines is 1. The quantitative estimate of drug-likeness (QED) is 0.424. The Balaban J connectivity index is 2.89. The van der Waals surface area contributed by atoms with Crippen LogP contribution in [0, 0.1) is 5.41 Å². The number of hydrogen-bond donors (Lipinski definition) is 3. The van der Waals surface area contributed by atoms with Crippen molar-refractivity contribution >= 4 is 11.6 Å². The van der Waals surface area contributed by atoms with Crippen LogP contribution in [0.1, 0.15) is 0 Å². The fourth-order valence-corrected chi connectivity index (χ4v) is 0.815. The molecule has 4 heteroatoms. The first kappa shape index (κ1) is 8.39. The number of guanidine groups is 1. The molecular weight excluding hydrogens is 154 g/mol. The van der Waals surface area contributed by atoms with Gasteiger partial charge in [0, 0.05) is 12.7 Å². The molecule has 4 nitrogen and oxygen atoms in total. The Morgan fingerprint density at radius 2 is 1.92 bits per heavy atom. The Morgan fingerprint density at radius 3 is 2.33 bits per heavy atom. The van der Waals surface area contributed by atoms with Crippen molar-refractivity contribution in [3.05, 3.63) is 24.3 Å². The highest BCUT2D eigenvalue weighted by molar-refractivity contribution is 5.91. The summed E-state index contributed by atoms with van der Waals surface area (Å²) in [5, 5.41) is 16.1. The molecule has 64 valence electrons. The number of benzene rings is 1. The van der Waals surface area contributed by atoms with Crippen LogP contribution >= 0.6 is 0 Å². The number of nitrogens with zero attached hydrogens (tertiary/aromatic N) is 1. The summed E-state index contributed by atoms with van der Waals surface area (Å²) < 4.78 is 0. The Labute approximate surface area is 70.7 Å². The summed E-state index contributed by atoms with van der Waals surface area (Å²) in [7, 11) is 1.69. The van der Waals surface area contributed by atoms with E-state index < -0.39 is 0 Å². The largest absolute Gasteiger partial charge is 0.508 e. The first-order chi connectivity index (χ1) is 5.61. The number of phenols is 1. The highest BCUT2D eigenvalue weighted by atomic mass is 16.3. The van der Waals surface area contributed by atoms with Gasteiger partial charge in [-0.1, -0.05) is 0 Å². The third-order valence-corrected chi connectivity index (χ3v) is 1.60. The van der Waals surface area contributed by atoms with Gasteiger partial charge in [-0.15, -0.1) is 0 Å². The fraction of sp³-hybridized carbons (Fsp3) is 0.125. The normalized spacial score (nSPS) is 9.42. The molecule has 0 saturated carbocycles. The third kappa shape index (κ3) is 1.66. The molecule has 1 rings (SSSR count). The molecule has 0 aliphatic heterocycles. The molecule has 0 amide bonds. The SMILES string of the molecule is CN(C(=N)N)c1ccc(O)cc1. The van der Waals surface area contributed by atoms with E-state index in [1.54, 1.807) is 31.3 Å². The second-order valence-corrected chi connectivity index (χ2v) is 2.46. The molecule has 0 spiro atoms. The molecule has 0 aliphatic carbocycles. The van der Waals surface area contributed by atoms with Gasteiger partial charge in [0.05, 0.1) is 0 Å². The van der Waals surface area contributed by atoms with Crippen LogP contribution in [0.3, 0.4) is 0 Å². The van der Waals surface area contributed by atoms with Crippen molar-refractivity contribution < 1.29 is 5.11 Å². The van der Waals surface area contributed by atoms with Crippen molar-refractivity contribution in [3.8, 4) is 5.75 Å². The molecule has 1 aromatic carbocycles. The maximum absolute atomic E-state index is 8.97. The summed E-state index contributed by atoms with van der Waals surface area (Å²) in [5.41, 5.74) is 6.03. The molecule has 0 aromatic heterocycles. The molecule has 0 radical (unpaired) electrons. The second kappa shape index (κ2) is 3.13. The number of nitrogens with two attached hydrogens (primary N) is 1. The van der Waals surface area contributed by atoms with Crippen molar-refractivity contribution in [2.24, 2.45) is 5.73 Å². The molecule has 0 unspecified atom stereocenters. The van der Waals surface area contributed by atoms with E-state index in [9.17, 15) is 0 Å². The van der Waals surface area contributed by atoms with Crippen molar-refractivity contribution in [1.82, 2.24) is 0 Å².